The number of nitrogens with zero attached hydrogens (tertiary/aromatic N) is 2. The number of rotatable bonds is 4. The molecule has 1 aliphatic rings. The summed E-state index contributed by atoms with van der Waals surface area (Å²) in [5.41, 5.74) is 1.40. The number of hydrogen-bond acceptors (Lipinski definition) is 4. The fraction of sp³-hybridized carbons (Fsp3) is 0.455. The quantitative estimate of drug-likeness (QED) is 0.750. The predicted octanol–water partition coefficient (Wildman–Crippen LogP) is 0.568. The minimum absolute atomic E-state index is 0.0594. The Bertz CT molecular complexity index is 393. The predicted molar refractivity (Wildman–Crippen MR) is 54.8 cm³/mol. The van der Waals surface area contributed by atoms with Crippen molar-refractivity contribution in [1.82, 2.24) is 10.3 Å². The Morgan fingerprint density at radius 1 is 1.60 bits per heavy atom. The van der Waals surface area contributed by atoms with Gasteiger partial charge in [-0.05, 0) is 30.5 Å². The molecule has 1 aromatic heterocycles. The van der Waals surface area contributed by atoms with E-state index in [0.717, 1.165) is 18.4 Å². The van der Waals surface area contributed by atoms with Crippen molar-refractivity contribution in [2.45, 2.75) is 24.9 Å². The fourth-order valence-corrected chi connectivity index (χ4v) is 1.48. The van der Waals surface area contributed by atoms with Crippen molar-refractivity contribution in [1.29, 1.82) is 5.26 Å². The average Bonchev–Trinajstić information content (AvgIpc) is 3.07. The van der Waals surface area contributed by atoms with Gasteiger partial charge in [-0.15, -0.1) is 0 Å². The summed E-state index contributed by atoms with van der Waals surface area (Å²) in [6.07, 6.45) is 3.69. The minimum atomic E-state index is -0.0594. The van der Waals surface area contributed by atoms with Gasteiger partial charge in [0.1, 0.15) is 11.8 Å². The molecular formula is C11H13N3O. The lowest BCUT2D eigenvalue weighted by Crippen LogP contribution is -2.34. The smallest absolute Gasteiger partial charge is 0.140 e. The molecule has 4 heteroatoms. The van der Waals surface area contributed by atoms with Crippen LogP contribution in [0.4, 0.5) is 0 Å². The second kappa shape index (κ2) is 3.97. The van der Waals surface area contributed by atoms with Gasteiger partial charge in [0, 0.05) is 18.3 Å². The molecule has 4 nitrogen and oxygen atoms in total. The van der Waals surface area contributed by atoms with E-state index >= 15 is 0 Å². The number of hydrogen-bond donors (Lipinski definition) is 2. The second-order valence-corrected chi connectivity index (χ2v) is 3.95. The summed E-state index contributed by atoms with van der Waals surface area (Å²) < 4.78 is 0. The Morgan fingerprint density at radius 3 is 3.00 bits per heavy atom. The van der Waals surface area contributed by atoms with Gasteiger partial charge in [0.2, 0.25) is 0 Å². The normalized spacial score (nSPS) is 17.1. The molecule has 0 saturated heterocycles. The van der Waals surface area contributed by atoms with Crippen LogP contribution in [0.1, 0.15) is 24.1 Å². The van der Waals surface area contributed by atoms with Gasteiger partial charge in [0.25, 0.3) is 0 Å². The summed E-state index contributed by atoms with van der Waals surface area (Å²) in [4.78, 5) is 3.90. The molecule has 0 unspecified atom stereocenters. The molecule has 0 bridgehead atoms. The maximum atomic E-state index is 9.11. The highest BCUT2D eigenvalue weighted by Crippen LogP contribution is 2.34. The third-order valence-corrected chi connectivity index (χ3v) is 2.76. The maximum Gasteiger partial charge on any atom is 0.140 e. The Labute approximate surface area is 88.6 Å². The lowest BCUT2D eigenvalue weighted by atomic mass is 10.2. The standard InChI is InChI=1S/C11H13N3O/c12-6-10-5-9(1-4-13-10)7-14-11(8-15)2-3-11/h1,4-5,14-15H,2-3,7-8H2. The van der Waals surface area contributed by atoms with Crippen LogP contribution in [0, 0.1) is 11.3 Å². The van der Waals surface area contributed by atoms with E-state index in [-0.39, 0.29) is 12.1 Å². The number of nitriles is 1. The molecule has 1 heterocycles. The van der Waals surface area contributed by atoms with Crippen molar-refractivity contribution < 1.29 is 5.11 Å². The monoisotopic (exact) mass is 203 g/mol. The molecule has 1 aromatic rings. The van der Waals surface area contributed by atoms with E-state index in [1.807, 2.05) is 12.1 Å². The third kappa shape index (κ3) is 2.32. The summed E-state index contributed by atoms with van der Waals surface area (Å²) in [6.45, 7) is 0.862. The summed E-state index contributed by atoms with van der Waals surface area (Å²) in [6, 6.07) is 5.65. The fourth-order valence-electron chi connectivity index (χ4n) is 1.48. The summed E-state index contributed by atoms with van der Waals surface area (Å²) in [5, 5.41) is 21.1. The third-order valence-electron chi connectivity index (χ3n) is 2.76. The van der Waals surface area contributed by atoms with Crippen molar-refractivity contribution in [2.24, 2.45) is 0 Å². The molecule has 2 N–H and O–H groups in total. The van der Waals surface area contributed by atoms with E-state index in [0.29, 0.717) is 12.2 Å². The molecule has 0 spiro atoms. The van der Waals surface area contributed by atoms with Gasteiger partial charge in [-0.3, -0.25) is 0 Å². The molecule has 2 rings (SSSR count). The van der Waals surface area contributed by atoms with Gasteiger partial charge in [-0.2, -0.15) is 5.26 Å². The van der Waals surface area contributed by atoms with Crippen LogP contribution in [0.5, 0.6) is 0 Å². The van der Waals surface area contributed by atoms with Gasteiger partial charge in [-0.25, -0.2) is 4.98 Å². The molecule has 78 valence electrons. The number of aliphatic hydroxyl groups is 1. The van der Waals surface area contributed by atoms with E-state index in [4.69, 9.17) is 10.4 Å². The van der Waals surface area contributed by atoms with Gasteiger partial charge in [0.05, 0.1) is 6.61 Å². The van der Waals surface area contributed by atoms with Crippen molar-refractivity contribution in [3.8, 4) is 6.07 Å². The van der Waals surface area contributed by atoms with Crippen LogP contribution in [0.25, 0.3) is 0 Å². The van der Waals surface area contributed by atoms with Crippen LogP contribution in [-0.2, 0) is 6.54 Å². The average molecular weight is 203 g/mol. The highest BCUT2D eigenvalue weighted by atomic mass is 16.3. The van der Waals surface area contributed by atoms with E-state index < -0.39 is 0 Å². The lowest BCUT2D eigenvalue weighted by Gasteiger charge is -2.13. The molecule has 0 amide bonds. The zero-order valence-electron chi connectivity index (χ0n) is 8.40. The first kappa shape index (κ1) is 10.1. The first-order valence-electron chi connectivity index (χ1n) is 4.99. The number of aliphatic hydroxyl groups excluding tert-OH is 1. The Morgan fingerprint density at radius 2 is 2.40 bits per heavy atom. The number of aromatic nitrogens is 1. The molecule has 0 aromatic carbocycles. The van der Waals surface area contributed by atoms with E-state index in [2.05, 4.69) is 10.3 Å². The van der Waals surface area contributed by atoms with Crippen LogP contribution in [0.15, 0.2) is 18.3 Å². The summed E-state index contributed by atoms with van der Waals surface area (Å²) >= 11 is 0. The number of pyridine rings is 1. The molecule has 0 atom stereocenters. The second-order valence-electron chi connectivity index (χ2n) is 3.95. The first-order chi connectivity index (χ1) is 7.28. The first-order valence-corrected chi connectivity index (χ1v) is 4.99. The Hall–Kier alpha value is -1.44. The van der Waals surface area contributed by atoms with E-state index in [1.165, 1.54) is 0 Å². The number of nitrogens with one attached hydrogen (secondary N) is 1. The van der Waals surface area contributed by atoms with Crippen LogP contribution in [0.3, 0.4) is 0 Å². The topological polar surface area (TPSA) is 68.9 Å². The molecular weight excluding hydrogens is 190 g/mol. The van der Waals surface area contributed by atoms with Gasteiger partial charge >= 0.3 is 0 Å². The van der Waals surface area contributed by atoms with Crippen LogP contribution in [-0.4, -0.2) is 22.2 Å². The van der Waals surface area contributed by atoms with E-state index in [9.17, 15) is 0 Å². The Kier molecular flexibility index (Phi) is 2.67. The molecule has 1 aliphatic carbocycles. The maximum absolute atomic E-state index is 9.11. The highest BCUT2D eigenvalue weighted by Gasteiger charge is 2.41. The largest absolute Gasteiger partial charge is 0.394 e. The highest BCUT2D eigenvalue weighted by molar-refractivity contribution is 5.25. The molecule has 0 radical (unpaired) electrons. The molecule has 15 heavy (non-hydrogen) atoms. The summed E-state index contributed by atoms with van der Waals surface area (Å²) in [5.74, 6) is 0. The van der Waals surface area contributed by atoms with Crippen molar-refractivity contribution in [3.05, 3.63) is 29.6 Å². The van der Waals surface area contributed by atoms with Gasteiger partial charge in [-0.1, -0.05) is 0 Å². The van der Waals surface area contributed by atoms with Crippen molar-refractivity contribution in [2.75, 3.05) is 6.61 Å². The van der Waals surface area contributed by atoms with Crippen molar-refractivity contribution >= 4 is 0 Å². The zero-order chi connectivity index (χ0) is 10.7. The molecule has 1 fully saturated rings. The zero-order valence-corrected chi connectivity index (χ0v) is 8.40. The van der Waals surface area contributed by atoms with Crippen LogP contribution >= 0.6 is 0 Å². The van der Waals surface area contributed by atoms with E-state index in [1.54, 1.807) is 12.3 Å². The summed E-state index contributed by atoms with van der Waals surface area (Å²) in [7, 11) is 0. The van der Waals surface area contributed by atoms with Crippen LogP contribution in [0.2, 0.25) is 0 Å². The van der Waals surface area contributed by atoms with Crippen LogP contribution < -0.4 is 5.32 Å². The van der Waals surface area contributed by atoms with Gasteiger partial charge < -0.3 is 10.4 Å². The minimum Gasteiger partial charge on any atom is -0.394 e. The lowest BCUT2D eigenvalue weighted by molar-refractivity contribution is 0.229. The molecule has 0 aliphatic heterocycles. The van der Waals surface area contributed by atoms with Crippen molar-refractivity contribution in [3.63, 3.8) is 0 Å². The molecule has 1 saturated carbocycles. The Balaban J connectivity index is 1.96. The SMILES string of the molecule is N#Cc1cc(CNC2(CO)CC2)ccn1. The van der Waals surface area contributed by atoms with Gasteiger partial charge in [0.15, 0.2) is 0 Å².